The number of hydrogen-bond acceptors (Lipinski definition) is 5. The molecule has 2 aromatic heterocycles. The van der Waals surface area contributed by atoms with E-state index in [9.17, 15) is 5.11 Å². The van der Waals surface area contributed by atoms with Crippen LogP contribution in [-0.4, -0.2) is 15.1 Å². The summed E-state index contributed by atoms with van der Waals surface area (Å²) in [5.41, 5.74) is 7.44. The van der Waals surface area contributed by atoms with Crippen molar-refractivity contribution in [2.24, 2.45) is 0 Å². The van der Waals surface area contributed by atoms with E-state index in [4.69, 9.17) is 10.2 Å². The van der Waals surface area contributed by atoms with E-state index in [0.29, 0.717) is 22.7 Å². The summed E-state index contributed by atoms with van der Waals surface area (Å²) >= 11 is 0. The second-order valence-electron chi connectivity index (χ2n) is 3.99. The molecule has 0 aliphatic heterocycles. The van der Waals surface area contributed by atoms with E-state index < -0.39 is 0 Å². The average molecular weight is 253 g/mol. The Kier molecular flexibility index (Phi) is 2.64. The second-order valence-corrected chi connectivity index (χ2v) is 3.99. The monoisotopic (exact) mass is 253 g/mol. The van der Waals surface area contributed by atoms with Crippen molar-refractivity contribution in [1.82, 2.24) is 9.97 Å². The zero-order valence-electron chi connectivity index (χ0n) is 9.95. The van der Waals surface area contributed by atoms with Crippen molar-refractivity contribution >= 4 is 5.95 Å². The molecular weight excluding hydrogens is 242 g/mol. The van der Waals surface area contributed by atoms with Crippen LogP contribution in [-0.2, 0) is 0 Å². The third kappa shape index (κ3) is 2.13. The number of aromatic nitrogens is 2. The molecule has 0 saturated heterocycles. The maximum Gasteiger partial charge on any atom is 0.221 e. The minimum atomic E-state index is 0.132. The Hall–Kier alpha value is -2.82. The van der Waals surface area contributed by atoms with E-state index in [1.54, 1.807) is 42.7 Å². The lowest BCUT2D eigenvalue weighted by Gasteiger charge is -2.06. The van der Waals surface area contributed by atoms with Gasteiger partial charge in [-0.3, -0.25) is 0 Å². The third-order valence-electron chi connectivity index (χ3n) is 2.70. The maximum atomic E-state index is 9.85. The molecule has 0 unspecified atom stereocenters. The van der Waals surface area contributed by atoms with E-state index in [1.165, 1.54) is 0 Å². The van der Waals surface area contributed by atoms with E-state index in [-0.39, 0.29) is 11.7 Å². The molecule has 2 heterocycles. The highest BCUT2D eigenvalue weighted by atomic mass is 16.3. The van der Waals surface area contributed by atoms with Crippen molar-refractivity contribution in [3.05, 3.63) is 48.7 Å². The van der Waals surface area contributed by atoms with Crippen LogP contribution in [0.2, 0.25) is 0 Å². The lowest BCUT2D eigenvalue weighted by Crippen LogP contribution is -1.98. The number of nitrogens with two attached hydrogens (primary N) is 1. The Bertz CT molecular complexity index is 708. The van der Waals surface area contributed by atoms with Crippen LogP contribution in [0.4, 0.5) is 5.95 Å². The Morgan fingerprint density at radius 3 is 2.53 bits per heavy atom. The molecule has 19 heavy (non-hydrogen) atoms. The van der Waals surface area contributed by atoms with Crippen molar-refractivity contribution in [2.75, 3.05) is 5.73 Å². The smallest absolute Gasteiger partial charge is 0.221 e. The minimum absolute atomic E-state index is 0.132. The number of furan rings is 1. The van der Waals surface area contributed by atoms with Gasteiger partial charge in [0.15, 0.2) is 5.76 Å². The summed E-state index contributed by atoms with van der Waals surface area (Å²) in [6, 6.07) is 12.2. The van der Waals surface area contributed by atoms with Crippen molar-refractivity contribution in [3.8, 4) is 28.5 Å². The van der Waals surface area contributed by atoms with Gasteiger partial charge in [0.05, 0.1) is 12.0 Å². The molecule has 0 radical (unpaired) electrons. The van der Waals surface area contributed by atoms with Gasteiger partial charge in [-0.25, -0.2) is 9.97 Å². The first kappa shape index (κ1) is 11.3. The first-order chi connectivity index (χ1) is 9.24. The molecule has 3 aromatic rings. The zero-order chi connectivity index (χ0) is 13.2. The van der Waals surface area contributed by atoms with Gasteiger partial charge in [-0.05, 0) is 30.3 Å². The Morgan fingerprint density at radius 2 is 1.79 bits per heavy atom. The van der Waals surface area contributed by atoms with E-state index in [2.05, 4.69) is 9.97 Å². The predicted molar refractivity (Wildman–Crippen MR) is 71.2 cm³/mol. The summed E-state index contributed by atoms with van der Waals surface area (Å²) in [6.45, 7) is 0. The standard InChI is InChI=1S/C14H11N3O2/c15-14-16-10(9-4-1-2-5-12(9)18)8-11(17-14)13-6-3-7-19-13/h1-8,18H,(H2,15,16,17). The Balaban J connectivity index is 2.16. The van der Waals surface area contributed by atoms with Gasteiger partial charge < -0.3 is 15.3 Å². The van der Waals surface area contributed by atoms with Gasteiger partial charge in [0, 0.05) is 5.56 Å². The van der Waals surface area contributed by atoms with Crippen LogP contribution < -0.4 is 5.73 Å². The van der Waals surface area contributed by atoms with Crippen LogP contribution in [0.1, 0.15) is 0 Å². The minimum Gasteiger partial charge on any atom is -0.507 e. The van der Waals surface area contributed by atoms with Gasteiger partial charge in [0.1, 0.15) is 11.4 Å². The number of para-hydroxylation sites is 1. The fraction of sp³-hybridized carbons (Fsp3) is 0. The maximum absolute atomic E-state index is 9.85. The van der Waals surface area contributed by atoms with Gasteiger partial charge in [-0.15, -0.1) is 0 Å². The fourth-order valence-corrected chi connectivity index (χ4v) is 1.84. The summed E-state index contributed by atoms with van der Waals surface area (Å²) in [6.07, 6.45) is 1.56. The third-order valence-corrected chi connectivity index (χ3v) is 2.70. The van der Waals surface area contributed by atoms with Crippen LogP contribution in [0, 0.1) is 0 Å². The SMILES string of the molecule is Nc1nc(-c2ccco2)cc(-c2ccccc2O)n1. The normalized spacial score (nSPS) is 10.5. The summed E-state index contributed by atoms with van der Waals surface area (Å²) in [5, 5.41) is 9.85. The number of hydrogen-bond donors (Lipinski definition) is 2. The van der Waals surface area contributed by atoms with Crippen LogP contribution in [0.25, 0.3) is 22.7 Å². The largest absolute Gasteiger partial charge is 0.507 e. The van der Waals surface area contributed by atoms with Crippen molar-refractivity contribution in [3.63, 3.8) is 0 Å². The number of nitrogen functional groups attached to an aromatic ring is 1. The van der Waals surface area contributed by atoms with Crippen LogP contribution in [0.15, 0.2) is 53.1 Å². The lowest BCUT2D eigenvalue weighted by atomic mass is 10.1. The first-order valence-corrected chi connectivity index (χ1v) is 5.71. The van der Waals surface area contributed by atoms with E-state index >= 15 is 0 Å². The molecule has 3 N–H and O–H groups in total. The first-order valence-electron chi connectivity index (χ1n) is 5.71. The lowest BCUT2D eigenvalue weighted by molar-refractivity contribution is 0.477. The van der Waals surface area contributed by atoms with Crippen molar-refractivity contribution in [2.45, 2.75) is 0 Å². The number of nitrogens with zero attached hydrogens (tertiary/aromatic N) is 2. The molecule has 5 nitrogen and oxygen atoms in total. The number of anilines is 1. The number of phenols is 1. The predicted octanol–water partition coefficient (Wildman–Crippen LogP) is 2.69. The van der Waals surface area contributed by atoms with Crippen LogP contribution >= 0.6 is 0 Å². The molecule has 0 spiro atoms. The molecule has 0 amide bonds. The summed E-state index contributed by atoms with van der Waals surface area (Å²) in [4.78, 5) is 8.26. The van der Waals surface area contributed by atoms with Gasteiger partial charge >= 0.3 is 0 Å². The van der Waals surface area contributed by atoms with Crippen LogP contribution in [0.5, 0.6) is 5.75 Å². The number of benzene rings is 1. The van der Waals surface area contributed by atoms with Crippen molar-refractivity contribution in [1.29, 1.82) is 0 Å². The highest BCUT2D eigenvalue weighted by Gasteiger charge is 2.11. The van der Waals surface area contributed by atoms with E-state index in [0.717, 1.165) is 0 Å². The quantitative estimate of drug-likeness (QED) is 0.733. The highest BCUT2D eigenvalue weighted by molar-refractivity contribution is 5.71. The molecular formula is C14H11N3O2. The zero-order valence-corrected chi connectivity index (χ0v) is 9.95. The topological polar surface area (TPSA) is 85.2 Å². The molecule has 0 aliphatic rings. The van der Waals surface area contributed by atoms with Gasteiger partial charge in [-0.2, -0.15) is 0 Å². The molecule has 0 bridgehead atoms. The molecule has 3 rings (SSSR count). The van der Waals surface area contributed by atoms with Gasteiger partial charge in [-0.1, -0.05) is 12.1 Å². The molecule has 0 atom stereocenters. The molecule has 94 valence electrons. The van der Waals surface area contributed by atoms with Gasteiger partial charge in [0.25, 0.3) is 0 Å². The van der Waals surface area contributed by atoms with E-state index in [1.807, 2.05) is 6.07 Å². The Labute approximate surface area is 109 Å². The number of phenolic OH excluding ortho intramolecular Hbond substituents is 1. The van der Waals surface area contributed by atoms with Gasteiger partial charge in [0.2, 0.25) is 5.95 Å². The summed E-state index contributed by atoms with van der Waals surface area (Å²) in [7, 11) is 0. The summed E-state index contributed by atoms with van der Waals surface area (Å²) in [5.74, 6) is 0.879. The van der Waals surface area contributed by atoms with Crippen molar-refractivity contribution < 1.29 is 9.52 Å². The second kappa shape index (κ2) is 4.45. The number of rotatable bonds is 2. The van der Waals surface area contributed by atoms with Crippen LogP contribution in [0.3, 0.4) is 0 Å². The highest BCUT2D eigenvalue weighted by Crippen LogP contribution is 2.30. The average Bonchev–Trinajstić information content (AvgIpc) is 2.92. The fourth-order valence-electron chi connectivity index (χ4n) is 1.84. The molecule has 5 heteroatoms. The Morgan fingerprint density at radius 1 is 1.00 bits per heavy atom. The molecule has 0 aliphatic carbocycles. The molecule has 0 saturated carbocycles. The molecule has 1 aromatic carbocycles. The number of aromatic hydroxyl groups is 1. The summed E-state index contributed by atoms with van der Waals surface area (Å²) < 4.78 is 5.29. The molecule has 0 fully saturated rings.